The second-order valence-corrected chi connectivity index (χ2v) is 5.74. The minimum absolute atomic E-state index is 0.337. The van der Waals surface area contributed by atoms with Crippen LogP contribution in [0.4, 0.5) is 5.69 Å². The van der Waals surface area contributed by atoms with Crippen molar-refractivity contribution < 1.29 is 9.53 Å². The Morgan fingerprint density at radius 2 is 1.88 bits per heavy atom. The van der Waals surface area contributed by atoms with Crippen LogP contribution in [0.1, 0.15) is 29.8 Å². The molecule has 6 heteroatoms. The van der Waals surface area contributed by atoms with Gasteiger partial charge >= 0.3 is 0 Å². The SMILES string of the molecule is CCN(CC)c1ccc(/C=N/NC(=O)c2cc(Cl)ccc2OC)cc1. The van der Waals surface area contributed by atoms with Crippen molar-refractivity contribution in [2.24, 2.45) is 5.10 Å². The zero-order chi connectivity index (χ0) is 18.2. The van der Waals surface area contributed by atoms with Crippen LogP contribution in [0.2, 0.25) is 5.02 Å². The molecular formula is C19H22ClN3O2. The van der Waals surface area contributed by atoms with E-state index < -0.39 is 0 Å². The number of nitrogens with zero attached hydrogens (tertiary/aromatic N) is 2. The maximum atomic E-state index is 12.2. The molecule has 0 unspecified atom stereocenters. The highest BCUT2D eigenvalue weighted by molar-refractivity contribution is 6.31. The third-order valence-corrected chi connectivity index (χ3v) is 4.04. The summed E-state index contributed by atoms with van der Waals surface area (Å²) in [6.07, 6.45) is 1.60. The fourth-order valence-corrected chi connectivity index (χ4v) is 2.62. The molecule has 2 aromatic carbocycles. The molecule has 0 spiro atoms. The molecule has 2 rings (SSSR count). The van der Waals surface area contributed by atoms with Gasteiger partial charge in [0.05, 0.1) is 18.9 Å². The standard InChI is InChI=1S/C19H22ClN3O2/c1-4-23(5-2)16-9-6-14(7-10-16)13-21-22-19(24)17-12-15(20)8-11-18(17)25-3/h6-13H,4-5H2,1-3H3,(H,22,24)/b21-13+. The molecule has 132 valence electrons. The molecular weight excluding hydrogens is 338 g/mol. The number of nitrogens with one attached hydrogen (secondary N) is 1. The van der Waals surface area contributed by atoms with Crippen LogP contribution in [-0.4, -0.2) is 32.3 Å². The number of halogens is 1. The number of carbonyl (C=O) groups is 1. The van der Waals surface area contributed by atoms with Crippen LogP contribution >= 0.6 is 11.6 Å². The number of benzene rings is 2. The molecule has 0 aromatic heterocycles. The van der Waals surface area contributed by atoms with Gasteiger partial charge in [-0.05, 0) is 49.7 Å². The van der Waals surface area contributed by atoms with E-state index in [4.69, 9.17) is 16.3 Å². The van der Waals surface area contributed by atoms with Crippen LogP contribution in [-0.2, 0) is 0 Å². The van der Waals surface area contributed by atoms with Gasteiger partial charge in [0.25, 0.3) is 5.91 Å². The number of carbonyl (C=O) groups excluding carboxylic acids is 1. The van der Waals surface area contributed by atoms with E-state index in [1.807, 2.05) is 24.3 Å². The highest BCUT2D eigenvalue weighted by atomic mass is 35.5. The van der Waals surface area contributed by atoms with Gasteiger partial charge in [0.15, 0.2) is 0 Å². The summed E-state index contributed by atoms with van der Waals surface area (Å²) in [4.78, 5) is 14.5. The Labute approximate surface area is 153 Å². The molecule has 0 aliphatic rings. The molecule has 5 nitrogen and oxygen atoms in total. The lowest BCUT2D eigenvalue weighted by Crippen LogP contribution is -2.21. The lowest BCUT2D eigenvalue weighted by molar-refractivity contribution is 0.0952. The first kappa shape index (κ1) is 18.8. The van der Waals surface area contributed by atoms with Crippen LogP contribution < -0.4 is 15.1 Å². The van der Waals surface area contributed by atoms with Gasteiger partial charge in [-0.15, -0.1) is 0 Å². The molecule has 0 aliphatic carbocycles. The Morgan fingerprint density at radius 3 is 2.48 bits per heavy atom. The van der Waals surface area contributed by atoms with E-state index in [2.05, 4.69) is 29.3 Å². The molecule has 1 amide bonds. The van der Waals surface area contributed by atoms with Crippen molar-refractivity contribution in [1.29, 1.82) is 0 Å². The summed E-state index contributed by atoms with van der Waals surface area (Å²) in [6, 6.07) is 12.9. The van der Waals surface area contributed by atoms with Gasteiger partial charge in [-0.3, -0.25) is 4.79 Å². The molecule has 0 saturated carbocycles. The van der Waals surface area contributed by atoms with Gasteiger partial charge in [0, 0.05) is 23.8 Å². The first-order valence-corrected chi connectivity index (χ1v) is 8.48. The maximum Gasteiger partial charge on any atom is 0.275 e. The van der Waals surface area contributed by atoms with E-state index in [1.54, 1.807) is 24.4 Å². The van der Waals surface area contributed by atoms with E-state index in [1.165, 1.54) is 7.11 Å². The molecule has 0 heterocycles. The van der Waals surface area contributed by atoms with E-state index in [0.29, 0.717) is 16.3 Å². The number of anilines is 1. The highest BCUT2D eigenvalue weighted by Gasteiger charge is 2.12. The number of methoxy groups -OCH3 is 1. The summed E-state index contributed by atoms with van der Waals surface area (Å²) in [7, 11) is 1.50. The monoisotopic (exact) mass is 359 g/mol. The van der Waals surface area contributed by atoms with Crippen molar-refractivity contribution in [2.45, 2.75) is 13.8 Å². The minimum Gasteiger partial charge on any atom is -0.496 e. The van der Waals surface area contributed by atoms with Gasteiger partial charge in [0.1, 0.15) is 5.75 Å². The molecule has 0 fully saturated rings. The molecule has 0 saturated heterocycles. The fourth-order valence-electron chi connectivity index (χ4n) is 2.44. The topological polar surface area (TPSA) is 53.9 Å². The highest BCUT2D eigenvalue weighted by Crippen LogP contribution is 2.22. The minimum atomic E-state index is -0.379. The normalized spacial score (nSPS) is 10.7. The smallest absolute Gasteiger partial charge is 0.275 e. The quantitative estimate of drug-likeness (QED) is 0.601. The summed E-state index contributed by atoms with van der Waals surface area (Å²) in [6.45, 7) is 6.17. The molecule has 1 N–H and O–H groups in total. The zero-order valence-corrected chi connectivity index (χ0v) is 15.4. The fraction of sp³-hybridized carbons (Fsp3) is 0.263. The van der Waals surface area contributed by atoms with Crippen LogP contribution in [0.15, 0.2) is 47.6 Å². The molecule has 0 radical (unpaired) electrons. The van der Waals surface area contributed by atoms with Crippen molar-refractivity contribution in [1.82, 2.24) is 5.43 Å². The average molecular weight is 360 g/mol. The van der Waals surface area contributed by atoms with Crippen molar-refractivity contribution in [3.63, 3.8) is 0 Å². The van der Waals surface area contributed by atoms with E-state index >= 15 is 0 Å². The van der Waals surface area contributed by atoms with Crippen LogP contribution in [0.5, 0.6) is 5.75 Å². The Bertz CT molecular complexity index is 741. The average Bonchev–Trinajstić information content (AvgIpc) is 2.64. The summed E-state index contributed by atoms with van der Waals surface area (Å²) in [5.74, 6) is 0.0658. The number of ether oxygens (including phenoxy) is 1. The summed E-state index contributed by atoms with van der Waals surface area (Å²) >= 11 is 5.93. The van der Waals surface area contributed by atoms with Gasteiger partial charge < -0.3 is 9.64 Å². The first-order chi connectivity index (χ1) is 12.1. The first-order valence-electron chi connectivity index (χ1n) is 8.11. The summed E-state index contributed by atoms with van der Waals surface area (Å²) in [5.41, 5.74) is 4.89. The lowest BCUT2D eigenvalue weighted by atomic mass is 10.2. The molecule has 2 aromatic rings. The van der Waals surface area contributed by atoms with Crippen molar-refractivity contribution in [3.8, 4) is 5.75 Å². The largest absolute Gasteiger partial charge is 0.496 e. The number of amides is 1. The predicted octanol–water partition coefficient (Wildman–Crippen LogP) is 3.96. The third kappa shape index (κ3) is 4.97. The van der Waals surface area contributed by atoms with Gasteiger partial charge in [-0.25, -0.2) is 5.43 Å². The Morgan fingerprint density at radius 1 is 1.20 bits per heavy atom. The summed E-state index contributed by atoms with van der Waals surface area (Å²) in [5, 5.41) is 4.46. The number of hydrogen-bond donors (Lipinski definition) is 1. The second-order valence-electron chi connectivity index (χ2n) is 5.31. The maximum absolute atomic E-state index is 12.2. The predicted molar refractivity (Wildman–Crippen MR) is 103 cm³/mol. The van der Waals surface area contributed by atoms with E-state index in [0.717, 1.165) is 24.3 Å². The number of hydrazone groups is 1. The zero-order valence-electron chi connectivity index (χ0n) is 14.6. The van der Waals surface area contributed by atoms with Gasteiger partial charge in [-0.1, -0.05) is 23.7 Å². The summed E-state index contributed by atoms with van der Waals surface area (Å²) < 4.78 is 5.17. The third-order valence-electron chi connectivity index (χ3n) is 3.81. The Hall–Kier alpha value is -2.53. The van der Waals surface area contributed by atoms with Gasteiger partial charge in [0.2, 0.25) is 0 Å². The van der Waals surface area contributed by atoms with Gasteiger partial charge in [-0.2, -0.15) is 5.10 Å². The van der Waals surface area contributed by atoms with E-state index in [-0.39, 0.29) is 5.91 Å². The Kier molecular flexibility index (Phi) is 6.83. The Balaban J connectivity index is 2.03. The number of rotatable bonds is 7. The van der Waals surface area contributed by atoms with E-state index in [9.17, 15) is 4.79 Å². The van der Waals surface area contributed by atoms with Crippen LogP contribution in [0.3, 0.4) is 0 Å². The van der Waals surface area contributed by atoms with Crippen molar-refractivity contribution in [2.75, 3.05) is 25.1 Å². The molecule has 25 heavy (non-hydrogen) atoms. The van der Waals surface area contributed by atoms with Crippen LogP contribution in [0, 0.1) is 0 Å². The molecule has 0 aliphatic heterocycles. The van der Waals surface area contributed by atoms with Crippen molar-refractivity contribution in [3.05, 3.63) is 58.6 Å². The van der Waals surface area contributed by atoms with Crippen LogP contribution in [0.25, 0.3) is 0 Å². The molecule has 0 bridgehead atoms. The number of hydrogen-bond acceptors (Lipinski definition) is 4. The second kappa shape index (κ2) is 9.08. The molecule has 0 atom stereocenters. The lowest BCUT2D eigenvalue weighted by Gasteiger charge is -2.20. The van der Waals surface area contributed by atoms with Crippen molar-refractivity contribution >= 4 is 29.4 Å².